The van der Waals surface area contributed by atoms with Gasteiger partial charge in [0.1, 0.15) is 5.03 Å². The van der Waals surface area contributed by atoms with Crippen LogP contribution in [0.2, 0.25) is 5.02 Å². The van der Waals surface area contributed by atoms with Gasteiger partial charge in [-0.05, 0) is 72.7 Å². The standard InChI is InChI=1S/C22H22ClN5OS2/c23-17-4-2-16(3-5-17)22(8-12-29-13-9-22)15-27-20(30)28-18-6-7-19(26-14-18)31-21-24-10-1-11-25-21/h1-7,10-11,14H,8-9,12-13,15H2,(H2,27,28,30). The molecule has 1 aliphatic heterocycles. The van der Waals surface area contributed by atoms with E-state index in [9.17, 15) is 0 Å². The molecule has 160 valence electrons. The first-order valence-corrected chi connectivity index (χ1v) is 11.5. The van der Waals surface area contributed by atoms with E-state index in [4.69, 9.17) is 28.6 Å². The summed E-state index contributed by atoms with van der Waals surface area (Å²) in [5.41, 5.74) is 2.04. The Labute approximate surface area is 196 Å². The summed E-state index contributed by atoms with van der Waals surface area (Å²) in [6, 6.07) is 13.7. The van der Waals surface area contributed by atoms with Crippen LogP contribution in [0.4, 0.5) is 5.69 Å². The minimum absolute atomic E-state index is 0.0387. The number of nitrogens with zero attached hydrogens (tertiary/aromatic N) is 3. The fraction of sp³-hybridized carbons (Fsp3) is 0.273. The number of anilines is 1. The van der Waals surface area contributed by atoms with Crippen LogP contribution in [0.25, 0.3) is 0 Å². The van der Waals surface area contributed by atoms with Gasteiger partial charge in [0, 0.05) is 42.6 Å². The van der Waals surface area contributed by atoms with Crippen LogP contribution >= 0.6 is 35.6 Å². The number of ether oxygens (including phenoxy) is 1. The second-order valence-electron chi connectivity index (χ2n) is 7.23. The van der Waals surface area contributed by atoms with Gasteiger partial charge in [0.15, 0.2) is 10.3 Å². The zero-order valence-electron chi connectivity index (χ0n) is 16.8. The molecular formula is C22H22ClN5OS2. The summed E-state index contributed by atoms with van der Waals surface area (Å²) < 4.78 is 5.60. The highest BCUT2D eigenvalue weighted by Crippen LogP contribution is 2.35. The van der Waals surface area contributed by atoms with Gasteiger partial charge in [-0.1, -0.05) is 23.7 Å². The molecule has 0 unspecified atom stereocenters. The summed E-state index contributed by atoms with van der Waals surface area (Å²) in [5, 5.41) is 9.39. The lowest BCUT2D eigenvalue weighted by atomic mass is 9.74. The fourth-order valence-electron chi connectivity index (χ4n) is 3.50. The third-order valence-corrected chi connectivity index (χ3v) is 6.57. The van der Waals surface area contributed by atoms with Crippen molar-refractivity contribution < 1.29 is 4.74 Å². The summed E-state index contributed by atoms with van der Waals surface area (Å²) in [5.74, 6) is 0. The van der Waals surface area contributed by atoms with E-state index in [2.05, 4.69) is 37.7 Å². The second kappa shape index (κ2) is 10.4. The van der Waals surface area contributed by atoms with Gasteiger partial charge in [0.2, 0.25) is 0 Å². The van der Waals surface area contributed by atoms with E-state index in [1.807, 2.05) is 24.3 Å². The lowest BCUT2D eigenvalue weighted by Gasteiger charge is -2.38. The minimum Gasteiger partial charge on any atom is -0.381 e. The number of rotatable bonds is 6. The molecule has 0 spiro atoms. The van der Waals surface area contributed by atoms with Crippen LogP contribution in [0.5, 0.6) is 0 Å². The smallest absolute Gasteiger partial charge is 0.193 e. The molecule has 4 rings (SSSR count). The van der Waals surface area contributed by atoms with E-state index in [0.29, 0.717) is 10.3 Å². The van der Waals surface area contributed by atoms with Crippen LogP contribution < -0.4 is 10.6 Å². The first-order chi connectivity index (χ1) is 15.1. The van der Waals surface area contributed by atoms with Gasteiger partial charge in [-0.25, -0.2) is 15.0 Å². The molecule has 1 aromatic carbocycles. The third-order valence-electron chi connectivity index (χ3n) is 5.23. The molecule has 31 heavy (non-hydrogen) atoms. The SMILES string of the molecule is S=C(NCC1(c2ccc(Cl)cc2)CCOCC1)Nc1ccc(Sc2ncccn2)nc1. The molecule has 1 aliphatic rings. The van der Waals surface area contributed by atoms with E-state index in [1.54, 1.807) is 24.7 Å². The molecule has 2 N–H and O–H groups in total. The van der Waals surface area contributed by atoms with E-state index >= 15 is 0 Å². The molecule has 9 heteroatoms. The number of hydrogen-bond acceptors (Lipinski definition) is 6. The highest BCUT2D eigenvalue weighted by Gasteiger charge is 2.34. The lowest BCUT2D eigenvalue weighted by molar-refractivity contribution is 0.0515. The van der Waals surface area contributed by atoms with Gasteiger partial charge in [0.25, 0.3) is 0 Å². The summed E-state index contributed by atoms with van der Waals surface area (Å²) >= 11 is 13.0. The molecule has 1 fully saturated rings. The number of aromatic nitrogens is 3. The Balaban J connectivity index is 1.35. The van der Waals surface area contributed by atoms with Gasteiger partial charge >= 0.3 is 0 Å². The Morgan fingerprint density at radius 1 is 1.06 bits per heavy atom. The zero-order valence-corrected chi connectivity index (χ0v) is 19.1. The second-order valence-corrected chi connectivity index (χ2v) is 9.06. The molecule has 0 saturated carbocycles. The average molecular weight is 472 g/mol. The molecule has 1 saturated heterocycles. The van der Waals surface area contributed by atoms with Crippen molar-refractivity contribution in [3.8, 4) is 0 Å². The number of nitrogens with one attached hydrogen (secondary N) is 2. The molecule has 6 nitrogen and oxygen atoms in total. The predicted octanol–water partition coefficient (Wildman–Crippen LogP) is 4.71. The van der Waals surface area contributed by atoms with Crippen molar-refractivity contribution in [2.24, 2.45) is 0 Å². The maximum atomic E-state index is 6.08. The maximum Gasteiger partial charge on any atom is 0.193 e. The monoisotopic (exact) mass is 471 g/mol. The number of hydrogen-bond donors (Lipinski definition) is 2. The normalized spacial score (nSPS) is 15.3. The maximum absolute atomic E-state index is 6.08. The minimum atomic E-state index is -0.0387. The van der Waals surface area contributed by atoms with Gasteiger partial charge < -0.3 is 15.4 Å². The molecule has 0 atom stereocenters. The predicted molar refractivity (Wildman–Crippen MR) is 128 cm³/mol. The Morgan fingerprint density at radius 3 is 2.48 bits per heavy atom. The number of benzene rings is 1. The number of pyridine rings is 1. The zero-order chi connectivity index (χ0) is 21.5. The van der Waals surface area contributed by atoms with Crippen LogP contribution in [0.3, 0.4) is 0 Å². The topological polar surface area (TPSA) is 72.0 Å². The Bertz CT molecular complexity index is 997. The van der Waals surface area contributed by atoms with E-state index in [-0.39, 0.29) is 5.41 Å². The Morgan fingerprint density at radius 2 is 1.81 bits per heavy atom. The van der Waals surface area contributed by atoms with Gasteiger partial charge in [-0.2, -0.15) is 0 Å². The molecule has 3 aromatic rings. The average Bonchev–Trinajstić information content (AvgIpc) is 2.81. The van der Waals surface area contributed by atoms with Crippen molar-refractivity contribution in [3.05, 3.63) is 71.6 Å². The summed E-state index contributed by atoms with van der Waals surface area (Å²) in [4.78, 5) is 12.8. The Kier molecular flexibility index (Phi) is 7.34. The highest BCUT2D eigenvalue weighted by atomic mass is 35.5. The fourth-order valence-corrected chi connectivity index (χ4v) is 4.48. The molecule has 0 bridgehead atoms. The van der Waals surface area contributed by atoms with Crippen LogP contribution in [-0.2, 0) is 10.2 Å². The van der Waals surface area contributed by atoms with Crippen molar-refractivity contribution in [1.82, 2.24) is 20.3 Å². The molecule has 0 amide bonds. The third kappa shape index (κ3) is 5.92. The van der Waals surface area contributed by atoms with Crippen LogP contribution in [0, 0.1) is 0 Å². The summed E-state index contributed by atoms with van der Waals surface area (Å²) in [7, 11) is 0. The first kappa shape index (κ1) is 22.0. The van der Waals surface area contributed by atoms with Crippen molar-refractivity contribution in [2.75, 3.05) is 25.1 Å². The largest absolute Gasteiger partial charge is 0.381 e. The highest BCUT2D eigenvalue weighted by molar-refractivity contribution is 7.99. The van der Waals surface area contributed by atoms with Gasteiger partial charge in [0.05, 0.1) is 11.9 Å². The van der Waals surface area contributed by atoms with Gasteiger partial charge in [-0.3, -0.25) is 0 Å². The number of halogens is 1. The van der Waals surface area contributed by atoms with Crippen molar-refractivity contribution in [2.45, 2.75) is 28.4 Å². The molecule has 0 aliphatic carbocycles. The summed E-state index contributed by atoms with van der Waals surface area (Å²) in [6.07, 6.45) is 7.04. The van der Waals surface area contributed by atoms with Crippen molar-refractivity contribution in [1.29, 1.82) is 0 Å². The van der Waals surface area contributed by atoms with Crippen LogP contribution in [0.1, 0.15) is 18.4 Å². The van der Waals surface area contributed by atoms with Crippen molar-refractivity contribution in [3.63, 3.8) is 0 Å². The number of thiocarbonyl (C=S) groups is 1. The molecule has 0 radical (unpaired) electrons. The van der Waals surface area contributed by atoms with E-state index < -0.39 is 0 Å². The quantitative estimate of drug-likeness (QED) is 0.395. The lowest BCUT2D eigenvalue weighted by Crippen LogP contribution is -2.45. The molecular weight excluding hydrogens is 450 g/mol. The van der Waals surface area contributed by atoms with Crippen molar-refractivity contribution >= 4 is 46.4 Å². The molecule has 3 heterocycles. The van der Waals surface area contributed by atoms with Gasteiger partial charge in [-0.15, -0.1) is 0 Å². The Hall–Kier alpha value is -2.26. The van der Waals surface area contributed by atoms with Crippen LogP contribution in [-0.4, -0.2) is 39.8 Å². The van der Waals surface area contributed by atoms with E-state index in [1.165, 1.54) is 17.3 Å². The summed E-state index contributed by atoms with van der Waals surface area (Å²) in [6.45, 7) is 2.19. The van der Waals surface area contributed by atoms with Crippen LogP contribution in [0.15, 0.2) is 71.2 Å². The van der Waals surface area contributed by atoms with E-state index in [0.717, 1.165) is 48.3 Å². The first-order valence-electron chi connectivity index (χ1n) is 9.93. The molecule has 2 aromatic heterocycles.